The summed E-state index contributed by atoms with van der Waals surface area (Å²) in [5.41, 5.74) is 4.24. The Kier molecular flexibility index (Phi) is 3.13. The fourth-order valence-electron chi connectivity index (χ4n) is 2.14. The zero-order valence-corrected chi connectivity index (χ0v) is 13.3. The number of aromatic nitrogens is 3. The van der Waals surface area contributed by atoms with Gasteiger partial charge in [-0.15, -0.1) is 0 Å². The minimum absolute atomic E-state index is 0.166. The Morgan fingerprint density at radius 2 is 1.80 bits per heavy atom. The van der Waals surface area contributed by atoms with E-state index in [-0.39, 0.29) is 5.41 Å². The summed E-state index contributed by atoms with van der Waals surface area (Å²) >= 11 is 3.42. The Morgan fingerprint density at radius 1 is 1.10 bits per heavy atom. The lowest BCUT2D eigenvalue weighted by atomic mass is 9.87. The van der Waals surface area contributed by atoms with Gasteiger partial charge in [0.1, 0.15) is 5.82 Å². The zero-order chi connectivity index (χ0) is 14.3. The second-order valence-corrected chi connectivity index (χ2v) is 6.85. The first-order chi connectivity index (χ1) is 9.43. The number of hydrogen-bond acceptors (Lipinski definition) is 2. The van der Waals surface area contributed by atoms with Crippen LogP contribution in [0.15, 0.2) is 41.0 Å². The molecule has 0 radical (unpaired) electrons. The predicted molar refractivity (Wildman–Crippen MR) is 85.7 cm³/mol. The van der Waals surface area contributed by atoms with Gasteiger partial charge in [-0.1, -0.05) is 45.0 Å². The van der Waals surface area contributed by atoms with E-state index in [1.807, 2.05) is 6.07 Å². The molecule has 1 N–H and O–H groups in total. The molecule has 2 aromatic heterocycles. The number of nitrogens with one attached hydrogen (secondary N) is 1. The molecule has 0 unspecified atom stereocenters. The average molecular weight is 330 g/mol. The van der Waals surface area contributed by atoms with E-state index < -0.39 is 0 Å². The van der Waals surface area contributed by atoms with Gasteiger partial charge in [-0.2, -0.15) is 0 Å². The summed E-state index contributed by atoms with van der Waals surface area (Å²) in [6.45, 7) is 6.64. The molecule has 2 heterocycles. The molecule has 0 atom stereocenters. The minimum atomic E-state index is 0.166. The van der Waals surface area contributed by atoms with Crippen LogP contribution in [0, 0.1) is 0 Å². The van der Waals surface area contributed by atoms with Gasteiger partial charge < -0.3 is 4.98 Å². The number of imidazole rings is 1. The predicted octanol–water partition coefficient (Wildman–Crippen LogP) is 4.68. The average Bonchev–Trinajstić information content (AvgIpc) is 2.80. The quantitative estimate of drug-likeness (QED) is 0.703. The number of rotatable bonds is 1. The fraction of sp³-hybridized carbons (Fsp3) is 0.250. The van der Waals surface area contributed by atoms with Crippen LogP contribution in [0.5, 0.6) is 0 Å². The Bertz CT molecular complexity index is 751. The van der Waals surface area contributed by atoms with Crippen molar-refractivity contribution in [2.75, 3.05) is 0 Å². The van der Waals surface area contributed by atoms with Crippen molar-refractivity contribution in [1.29, 1.82) is 0 Å². The van der Waals surface area contributed by atoms with Crippen molar-refractivity contribution >= 4 is 27.1 Å². The van der Waals surface area contributed by atoms with Crippen molar-refractivity contribution in [3.8, 4) is 11.4 Å². The molecule has 0 aliphatic heterocycles. The topological polar surface area (TPSA) is 41.6 Å². The van der Waals surface area contributed by atoms with Gasteiger partial charge in [0.2, 0.25) is 0 Å². The second kappa shape index (κ2) is 4.70. The van der Waals surface area contributed by atoms with E-state index in [2.05, 4.69) is 75.9 Å². The Morgan fingerprint density at radius 3 is 2.45 bits per heavy atom. The highest BCUT2D eigenvalue weighted by Crippen LogP contribution is 2.26. The van der Waals surface area contributed by atoms with Crippen LogP contribution in [0.4, 0.5) is 0 Å². The van der Waals surface area contributed by atoms with Gasteiger partial charge >= 0.3 is 0 Å². The van der Waals surface area contributed by atoms with Crippen LogP contribution in [0.1, 0.15) is 26.3 Å². The first kappa shape index (κ1) is 13.3. The Hall–Kier alpha value is -1.68. The molecule has 0 saturated heterocycles. The SMILES string of the molecule is CC(C)(C)c1ccc(-c2nc3ncc(Br)cc3[nH]2)cc1. The van der Waals surface area contributed by atoms with E-state index in [1.165, 1.54) is 5.56 Å². The van der Waals surface area contributed by atoms with Crippen LogP contribution in [0.2, 0.25) is 0 Å². The molecule has 3 aromatic rings. The Balaban J connectivity index is 2.02. The number of benzene rings is 1. The van der Waals surface area contributed by atoms with E-state index in [4.69, 9.17) is 0 Å². The third kappa shape index (κ3) is 2.48. The van der Waals surface area contributed by atoms with Crippen molar-refractivity contribution in [2.24, 2.45) is 0 Å². The van der Waals surface area contributed by atoms with Crippen molar-refractivity contribution in [3.63, 3.8) is 0 Å². The van der Waals surface area contributed by atoms with Gasteiger partial charge in [0.25, 0.3) is 0 Å². The summed E-state index contributed by atoms with van der Waals surface area (Å²) in [7, 11) is 0. The maximum absolute atomic E-state index is 4.53. The van der Waals surface area contributed by atoms with E-state index in [0.29, 0.717) is 0 Å². The van der Waals surface area contributed by atoms with Crippen molar-refractivity contribution in [1.82, 2.24) is 15.0 Å². The third-order valence-corrected chi connectivity index (χ3v) is 3.76. The van der Waals surface area contributed by atoms with Gasteiger partial charge in [-0.3, -0.25) is 0 Å². The molecule has 3 rings (SSSR count). The van der Waals surface area contributed by atoms with E-state index in [0.717, 1.165) is 27.0 Å². The third-order valence-electron chi connectivity index (χ3n) is 3.33. The van der Waals surface area contributed by atoms with Crippen LogP contribution in [0.25, 0.3) is 22.6 Å². The van der Waals surface area contributed by atoms with Gasteiger partial charge in [0, 0.05) is 16.2 Å². The highest BCUT2D eigenvalue weighted by molar-refractivity contribution is 9.10. The van der Waals surface area contributed by atoms with Gasteiger partial charge in [0.15, 0.2) is 5.65 Å². The first-order valence-electron chi connectivity index (χ1n) is 6.56. The molecule has 1 aromatic carbocycles. The van der Waals surface area contributed by atoms with E-state index in [1.54, 1.807) is 6.20 Å². The van der Waals surface area contributed by atoms with Crippen LogP contribution < -0.4 is 0 Å². The van der Waals surface area contributed by atoms with Gasteiger partial charge in [-0.05, 0) is 33.0 Å². The van der Waals surface area contributed by atoms with E-state index in [9.17, 15) is 0 Å². The largest absolute Gasteiger partial charge is 0.337 e. The van der Waals surface area contributed by atoms with Crippen molar-refractivity contribution in [3.05, 3.63) is 46.6 Å². The van der Waals surface area contributed by atoms with Crippen molar-refractivity contribution < 1.29 is 0 Å². The molecule has 4 heteroatoms. The number of aromatic amines is 1. The standard InChI is InChI=1S/C16H16BrN3/c1-16(2,3)11-6-4-10(5-7-11)14-19-13-8-12(17)9-18-15(13)20-14/h4-9H,1-3H3,(H,18,19,20). The zero-order valence-electron chi connectivity index (χ0n) is 11.7. The molecule has 0 fully saturated rings. The number of fused-ring (bicyclic) bond motifs is 1. The van der Waals surface area contributed by atoms with E-state index >= 15 is 0 Å². The fourth-order valence-corrected chi connectivity index (χ4v) is 2.47. The molecular weight excluding hydrogens is 314 g/mol. The number of nitrogens with zero attached hydrogens (tertiary/aromatic N) is 2. The molecular formula is C16H16BrN3. The highest BCUT2D eigenvalue weighted by Gasteiger charge is 2.14. The normalized spacial score (nSPS) is 12.0. The molecule has 0 bridgehead atoms. The van der Waals surface area contributed by atoms with Crippen molar-refractivity contribution in [2.45, 2.75) is 26.2 Å². The van der Waals surface area contributed by atoms with Crippen LogP contribution in [-0.4, -0.2) is 15.0 Å². The number of pyridine rings is 1. The number of H-pyrrole nitrogens is 1. The summed E-state index contributed by atoms with van der Waals surface area (Å²) in [5, 5.41) is 0. The summed E-state index contributed by atoms with van der Waals surface area (Å²) < 4.78 is 0.947. The summed E-state index contributed by atoms with van der Waals surface area (Å²) in [6.07, 6.45) is 1.76. The lowest BCUT2D eigenvalue weighted by Gasteiger charge is -2.18. The van der Waals surface area contributed by atoms with Gasteiger partial charge in [0.05, 0.1) is 5.52 Å². The molecule has 20 heavy (non-hydrogen) atoms. The molecule has 0 amide bonds. The molecule has 0 spiro atoms. The number of hydrogen-bond donors (Lipinski definition) is 1. The molecule has 3 nitrogen and oxygen atoms in total. The maximum Gasteiger partial charge on any atom is 0.178 e. The molecule has 0 aliphatic rings. The summed E-state index contributed by atoms with van der Waals surface area (Å²) in [6, 6.07) is 10.5. The number of halogens is 1. The van der Waals surface area contributed by atoms with Crippen LogP contribution in [0.3, 0.4) is 0 Å². The Labute approximate surface area is 126 Å². The highest BCUT2D eigenvalue weighted by atomic mass is 79.9. The minimum Gasteiger partial charge on any atom is -0.337 e. The summed E-state index contributed by atoms with van der Waals surface area (Å²) in [5.74, 6) is 0.853. The van der Waals surface area contributed by atoms with Crippen LogP contribution >= 0.6 is 15.9 Å². The lowest BCUT2D eigenvalue weighted by Crippen LogP contribution is -2.10. The first-order valence-corrected chi connectivity index (χ1v) is 7.35. The van der Waals surface area contributed by atoms with Crippen LogP contribution in [-0.2, 0) is 5.41 Å². The van der Waals surface area contributed by atoms with Gasteiger partial charge in [-0.25, -0.2) is 9.97 Å². The summed E-state index contributed by atoms with van der Waals surface area (Å²) in [4.78, 5) is 12.1. The molecule has 0 saturated carbocycles. The molecule has 0 aliphatic carbocycles. The monoisotopic (exact) mass is 329 g/mol. The maximum atomic E-state index is 4.53. The molecule has 102 valence electrons. The second-order valence-electron chi connectivity index (χ2n) is 5.94. The lowest BCUT2D eigenvalue weighted by molar-refractivity contribution is 0.590. The smallest absolute Gasteiger partial charge is 0.178 e.